The first kappa shape index (κ1) is 15.4. The minimum absolute atomic E-state index is 0.0391. The van der Waals surface area contributed by atoms with E-state index in [1.165, 1.54) is 12.1 Å². The van der Waals surface area contributed by atoms with Gasteiger partial charge < -0.3 is 9.42 Å². The van der Waals surface area contributed by atoms with Crippen LogP contribution in [0.15, 0.2) is 53.2 Å². The van der Waals surface area contributed by atoms with Crippen LogP contribution in [0, 0.1) is 5.82 Å². The van der Waals surface area contributed by atoms with Gasteiger partial charge >= 0.3 is 0 Å². The summed E-state index contributed by atoms with van der Waals surface area (Å²) in [6.45, 7) is 0.982. The van der Waals surface area contributed by atoms with Gasteiger partial charge in [0.05, 0.1) is 18.2 Å². The Bertz CT molecular complexity index is 880. The highest BCUT2D eigenvalue weighted by molar-refractivity contribution is 5.79. The third kappa shape index (κ3) is 3.26. The van der Waals surface area contributed by atoms with Gasteiger partial charge in [0.2, 0.25) is 17.6 Å². The van der Waals surface area contributed by atoms with Crippen molar-refractivity contribution in [1.82, 2.24) is 20.0 Å². The molecule has 3 aromatic rings. The number of likely N-dealkylation sites (tertiary alicyclic amines) is 1. The van der Waals surface area contributed by atoms with E-state index >= 15 is 0 Å². The van der Waals surface area contributed by atoms with Crippen LogP contribution in [0.3, 0.4) is 0 Å². The molecule has 7 heteroatoms. The van der Waals surface area contributed by atoms with Gasteiger partial charge in [-0.3, -0.25) is 9.78 Å². The van der Waals surface area contributed by atoms with E-state index in [1.54, 1.807) is 23.2 Å². The number of nitrogens with zero attached hydrogens (tertiary/aromatic N) is 4. The van der Waals surface area contributed by atoms with Crippen LogP contribution < -0.4 is 0 Å². The second-order valence-electron chi connectivity index (χ2n) is 5.96. The molecule has 1 fully saturated rings. The summed E-state index contributed by atoms with van der Waals surface area (Å²) >= 11 is 0. The first-order chi connectivity index (χ1) is 12.2. The molecule has 0 bridgehead atoms. The van der Waals surface area contributed by atoms with Crippen molar-refractivity contribution in [2.75, 3.05) is 6.54 Å². The molecule has 0 N–H and O–H groups in total. The third-order valence-corrected chi connectivity index (χ3v) is 4.19. The van der Waals surface area contributed by atoms with Crippen LogP contribution in [0.4, 0.5) is 4.39 Å². The average Bonchev–Trinajstić information content (AvgIpc) is 3.24. The van der Waals surface area contributed by atoms with E-state index in [9.17, 15) is 9.18 Å². The monoisotopic (exact) mass is 338 g/mol. The van der Waals surface area contributed by atoms with E-state index in [-0.39, 0.29) is 17.6 Å². The molecular formula is C18H15FN4O2. The Morgan fingerprint density at radius 1 is 1.20 bits per heavy atom. The van der Waals surface area contributed by atoms with E-state index < -0.39 is 0 Å². The molecule has 1 aliphatic heterocycles. The fraction of sp³-hybridized carbons (Fsp3) is 0.222. The predicted molar refractivity (Wildman–Crippen MR) is 86.7 cm³/mol. The quantitative estimate of drug-likeness (QED) is 0.731. The molecule has 4 rings (SSSR count). The van der Waals surface area contributed by atoms with Crippen molar-refractivity contribution >= 4 is 5.91 Å². The van der Waals surface area contributed by atoms with Crippen LogP contribution in [0.5, 0.6) is 0 Å². The SMILES string of the molecule is O=C1CC(c2nc(-c3ccc(F)cc3)no2)CN1Cc1ccccn1. The summed E-state index contributed by atoms with van der Waals surface area (Å²) in [6, 6.07) is 11.5. The molecule has 1 atom stereocenters. The molecule has 1 amide bonds. The number of amides is 1. The zero-order valence-electron chi connectivity index (χ0n) is 13.3. The Balaban J connectivity index is 1.48. The zero-order valence-corrected chi connectivity index (χ0v) is 13.3. The molecular weight excluding hydrogens is 323 g/mol. The van der Waals surface area contributed by atoms with E-state index in [0.29, 0.717) is 36.8 Å². The molecule has 1 aliphatic rings. The van der Waals surface area contributed by atoms with E-state index in [0.717, 1.165) is 5.69 Å². The van der Waals surface area contributed by atoms with Gasteiger partial charge in [-0.1, -0.05) is 11.2 Å². The summed E-state index contributed by atoms with van der Waals surface area (Å²) in [4.78, 5) is 22.6. The predicted octanol–water partition coefficient (Wildman–Crippen LogP) is 2.79. The van der Waals surface area contributed by atoms with Gasteiger partial charge in [0.1, 0.15) is 5.82 Å². The van der Waals surface area contributed by atoms with E-state index in [2.05, 4.69) is 15.1 Å². The highest BCUT2D eigenvalue weighted by atomic mass is 19.1. The maximum absolute atomic E-state index is 13.0. The molecule has 1 aromatic carbocycles. The Kier molecular flexibility index (Phi) is 3.97. The van der Waals surface area contributed by atoms with E-state index in [1.807, 2.05) is 18.2 Å². The lowest BCUT2D eigenvalue weighted by Crippen LogP contribution is -2.24. The maximum Gasteiger partial charge on any atom is 0.232 e. The summed E-state index contributed by atoms with van der Waals surface area (Å²) in [5.41, 5.74) is 1.51. The highest BCUT2D eigenvalue weighted by Crippen LogP contribution is 2.29. The molecule has 3 heterocycles. The number of pyridine rings is 1. The summed E-state index contributed by atoms with van der Waals surface area (Å²) < 4.78 is 18.3. The van der Waals surface area contributed by atoms with Crippen molar-refractivity contribution in [2.24, 2.45) is 0 Å². The smallest absolute Gasteiger partial charge is 0.232 e. The van der Waals surface area contributed by atoms with Gasteiger partial charge in [-0.05, 0) is 36.4 Å². The fourth-order valence-corrected chi connectivity index (χ4v) is 2.89. The molecule has 1 saturated heterocycles. The molecule has 126 valence electrons. The number of benzene rings is 1. The number of hydrogen-bond acceptors (Lipinski definition) is 5. The molecule has 6 nitrogen and oxygen atoms in total. The third-order valence-electron chi connectivity index (χ3n) is 4.19. The van der Waals surface area contributed by atoms with Crippen LogP contribution >= 0.6 is 0 Å². The first-order valence-electron chi connectivity index (χ1n) is 7.96. The van der Waals surface area contributed by atoms with Crippen molar-refractivity contribution in [3.05, 3.63) is 66.1 Å². The highest BCUT2D eigenvalue weighted by Gasteiger charge is 2.34. The molecule has 25 heavy (non-hydrogen) atoms. The standard InChI is InChI=1S/C18H15FN4O2/c19-14-6-4-12(5-7-14)17-21-18(25-22-17)13-9-16(24)23(10-13)11-15-3-1-2-8-20-15/h1-8,13H,9-11H2. The molecule has 1 unspecified atom stereocenters. The van der Waals surface area contributed by atoms with Gasteiger partial charge in [-0.25, -0.2) is 4.39 Å². The topological polar surface area (TPSA) is 72.1 Å². The Morgan fingerprint density at radius 2 is 2.04 bits per heavy atom. The van der Waals surface area contributed by atoms with Crippen molar-refractivity contribution in [1.29, 1.82) is 0 Å². The Hall–Kier alpha value is -3.09. The number of carbonyl (C=O) groups is 1. The van der Waals surface area contributed by atoms with Crippen LogP contribution in [0.25, 0.3) is 11.4 Å². The van der Waals surface area contributed by atoms with Gasteiger partial charge in [0.15, 0.2) is 0 Å². The van der Waals surface area contributed by atoms with Crippen LogP contribution in [-0.4, -0.2) is 32.5 Å². The van der Waals surface area contributed by atoms with Crippen LogP contribution in [0.2, 0.25) is 0 Å². The summed E-state index contributed by atoms with van der Waals surface area (Å²) in [6.07, 6.45) is 2.04. The maximum atomic E-state index is 13.0. The largest absolute Gasteiger partial charge is 0.339 e. The van der Waals surface area contributed by atoms with Gasteiger partial charge in [0.25, 0.3) is 0 Å². The number of hydrogen-bond donors (Lipinski definition) is 0. The number of aromatic nitrogens is 3. The summed E-state index contributed by atoms with van der Waals surface area (Å²) in [7, 11) is 0. The molecule has 0 aliphatic carbocycles. The van der Waals surface area contributed by atoms with E-state index in [4.69, 9.17) is 4.52 Å². The second kappa shape index (κ2) is 6.43. The second-order valence-corrected chi connectivity index (χ2v) is 5.96. The fourth-order valence-electron chi connectivity index (χ4n) is 2.89. The van der Waals surface area contributed by atoms with Crippen molar-refractivity contribution < 1.29 is 13.7 Å². The van der Waals surface area contributed by atoms with Gasteiger partial charge in [0, 0.05) is 24.7 Å². The van der Waals surface area contributed by atoms with Gasteiger partial charge in [-0.2, -0.15) is 4.98 Å². The van der Waals surface area contributed by atoms with Crippen LogP contribution in [0.1, 0.15) is 23.9 Å². The average molecular weight is 338 g/mol. The summed E-state index contributed by atoms with van der Waals surface area (Å²) in [5, 5.41) is 3.94. The lowest BCUT2D eigenvalue weighted by molar-refractivity contribution is -0.128. The van der Waals surface area contributed by atoms with Crippen molar-refractivity contribution in [3.8, 4) is 11.4 Å². The van der Waals surface area contributed by atoms with Crippen molar-refractivity contribution in [2.45, 2.75) is 18.9 Å². The number of rotatable bonds is 4. The lowest BCUT2D eigenvalue weighted by Gasteiger charge is -2.15. The molecule has 0 saturated carbocycles. The molecule has 0 spiro atoms. The minimum atomic E-state index is -0.320. The number of halogens is 1. The Morgan fingerprint density at radius 3 is 2.80 bits per heavy atom. The summed E-state index contributed by atoms with van der Waals surface area (Å²) in [5.74, 6) is 0.399. The Labute approximate surface area is 143 Å². The first-order valence-corrected chi connectivity index (χ1v) is 7.96. The van der Waals surface area contributed by atoms with Crippen LogP contribution in [-0.2, 0) is 11.3 Å². The van der Waals surface area contributed by atoms with Gasteiger partial charge in [-0.15, -0.1) is 0 Å². The molecule has 2 aromatic heterocycles. The number of carbonyl (C=O) groups excluding carboxylic acids is 1. The minimum Gasteiger partial charge on any atom is -0.339 e. The zero-order chi connectivity index (χ0) is 17.2. The lowest BCUT2D eigenvalue weighted by atomic mass is 10.1. The molecule has 0 radical (unpaired) electrons. The van der Waals surface area contributed by atoms with Crippen molar-refractivity contribution in [3.63, 3.8) is 0 Å². The normalized spacial score (nSPS) is 17.2.